The quantitative estimate of drug-likeness (QED) is 0.492. The fourth-order valence-corrected chi connectivity index (χ4v) is 4.31. The number of hydrogen-bond acceptors (Lipinski definition) is 5. The lowest BCUT2D eigenvalue weighted by molar-refractivity contribution is -0.156. The van der Waals surface area contributed by atoms with Crippen molar-refractivity contribution in [1.82, 2.24) is 9.88 Å². The fourth-order valence-electron chi connectivity index (χ4n) is 4.31. The third-order valence-corrected chi connectivity index (χ3v) is 5.82. The molecular formula is C26H32N2O3. The number of benzene rings is 1. The van der Waals surface area contributed by atoms with Crippen molar-refractivity contribution < 1.29 is 13.9 Å². The normalized spacial score (nSPS) is 16.0. The Labute approximate surface area is 184 Å². The van der Waals surface area contributed by atoms with Crippen LogP contribution in [0, 0.1) is 12.8 Å². The fraction of sp³-hybridized carbons (Fsp3) is 0.462. The van der Waals surface area contributed by atoms with E-state index in [-0.39, 0.29) is 5.97 Å². The zero-order valence-electron chi connectivity index (χ0n) is 19.0. The standard InChI is InChI=1S/C26H32N2O3/c1-18-5-8-24(30-18)23-16-27-15-21-7-6-20(13-22(21)23)17-28-11-9-19(10-12-28)14-25(29)31-26(2,3)4/h5-8,13,15-16,19H,9-12,14,17H2,1-4H3. The molecule has 0 saturated carbocycles. The number of hydrogen-bond donors (Lipinski definition) is 0. The molecule has 1 aliphatic rings. The molecule has 3 heterocycles. The van der Waals surface area contributed by atoms with Crippen LogP contribution in [0.4, 0.5) is 0 Å². The first kappa shape index (κ1) is 21.6. The lowest BCUT2D eigenvalue weighted by atomic mass is 9.93. The Morgan fingerprint density at radius 3 is 2.61 bits per heavy atom. The number of rotatable bonds is 5. The molecule has 0 amide bonds. The number of aromatic nitrogens is 1. The number of pyridine rings is 1. The summed E-state index contributed by atoms with van der Waals surface area (Å²) in [5.41, 5.74) is 1.91. The largest absolute Gasteiger partial charge is 0.461 e. The van der Waals surface area contributed by atoms with E-state index in [0.717, 1.165) is 54.9 Å². The summed E-state index contributed by atoms with van der Waals surface area (Å²) in [6, 6.07) is 10.6. The summed E-state index contributed by atoms with van der Waals surface area (Å²) in [7, 11) is 0. The second-order valence-electron chi connectivity index (χ2n) is 9.66. The molecule has 0 aliphatic carbocycles. The summed E-state index contributed by atoms with van der Waals surface area (Å²) in [4.78, 5) is 19.0. The van der Waals surface area contributed by atoms with Gasteiger partial charge in [0, 0.05) is 36.3 Å². The minimum atomic E-state index is -0.406. The molecule has 1 fully saturated rings. The molecule has 1 aliphatic heterocycles. The zero-order chi connectivity index (χ0) is 22.0. The minimum absolute atomic E-state index is 0.0743. The topological polar surface area (TPSA) is 55.6 Å². The number of esters is 1. The summed E-state index contributed by atoms with van der Waals surface area (Å²) >= 11 is 0. The summed E-state index contributed by atoms with van der Waals surface area (Å²) in [6.07, 6.45) is 6.38. The summed E-state index contributed by atoms with van der Waals surface area (Å²) < 4.78 is 11.3. The number of carbonyl (C=O) groups is 1. The number of piperidine rings is 1. The van der Waals surface area contributed by atoms with E-state index in [0.29, 0.717) is 12.3 Å². The predicted octanol–water partition coefficient (Wildman–Crippen LogP) is 5.75. The van der Waals surface area contributed by atoms with E-state index in [4.69, 9.17) is 9.15 Å². The first-order valence-corrected chi connectivity index (χ1v) is 11.1. The van der Waals surface area contributed by atoms with Crippen molar-refractivity contribution in [2.45, 2.75) is 59.1 Å². The van der Waals surface area contributed by atoms with Gasteiger partial charge >= 0.3 is 5.97 Å². The van der Waals surface area contributed by atoms with Crippen LogP contribution in [-0.4, -0.2) is 34.5 Å². The van der Waals surface area contributed by atoms with Crippen LogP contribution >= 0.6 is 0 Å². The van der Waals surface area contributed by atoms with Gasteiger partial charge in [0.1, 0.15) is 17.1 Å². The SMILES string of the molecule is Cc1ccc(-c2cncc3ccc(CN4CCC(CC(=O)OC(C)(C)C)CC4)cc23)o1. The van der Waals surface area contributed by atoms with Gasteiger partial charge in [-0.1, -0.05) is 12.1 Å². The van der Waals surface area contributed by atoms with Crippen LogP contribution in [0.15, 0.2) is 47.1 Å². The van der Waals surface area contributed by atoms with Crippen LogP contribution < -0.4 is 0 Å². The first-order valence-electron chi connectivity index (χ1n) is 11.1. The molecule has 0 N–H and O–H groups in total. The predicted molar refractivity (Wildman–Crippen MR) is 123 cm³/mol. The number of carbonyl (C=O) groups excluding carboxylic acids is 1. The summed E-state index contributed by atoms with van der Waals surface area (Å²) in [6.45, 7) is 10.6. The van der Waals surface area contributed by atoms with Crippen LogP contribution in [0.5, 0.6) is 0 Å². The second-order valence-corrected chi connectivity index (χ2v) is 9.66. The zero-order valence-corrected chi connectivity index (χ0v) is 19.0. The van der Waals surface area contributed by atoms with E-state index >= 15 is 0 Å². The average Bonchev–Trinajstić information content (AvgIpc) is 3.13. The van der Waals surface area contributed by atoms with Gasteiger partial charge < -0.3 is 9.15 Å². The van der Waals surface area contributed by atoms with Gasteiger partial charge in [0.2, 0.25) is 0 Å². The van der Waals surface area contributed by atoms with Crippen molar-refractivity contribution in [3.05, 3.63) is 54.0 Å². The van der Waals surface area contributed by atoms with Gasteiger partial charge in [0.05, 0.1) is 0 Å². The van der Waals surface area contributed by atoms with Crippen molar-refractivity contribution >= 4 is 16.7 Å². The minimum Gasteiger partial charge on any atom is -0.461 e. The van der Waals surface area contributed by atoms with Crippen molar-refractivity contribution in [3.8, 4) is 11.3 Å². The molecule has 3 aromatic rings. The van der Waals surface area contributed by atoms with E-state index in [2.05, 4.69) is 28.1 Å². The van der Waals surface area contributed by atoms with Crippen LogP contribution in [0.1, 0.15) is 51.4 Å². The van der Waals surface area contributed by atoms with Crippen LogP contribution in [0.3, 0.4) is 0 Å². The maximum absolute atomic E-state index is 12.1. The smallest absolute Gasteiger partial charge is 0.306 e. The number of likely N-dealkylation sites (tertiary alicyclic amines) is 1. The molecule has 5 heteroatoms. The van der Waals surface area contributed by atoms with E-state index in [1.54, 1.807) is 0 Å². The van der Waals surface area contributed by atoms with Gasteiger partial charge in [-0.25, -0.2) is 0 Å². The number of ether oxygens (including phenoxy) is 1. The molecule has 1 aromatic carbocycles. The average molecular weight is 421 g/mol. The molecule has 2 aromatic heterocycles. The lowest BCUT2D eigenvalue weighted by Crippen LogP contribution is -2.34. The number of fused-ring (bicyclic) bond motifs is 1. The van der Waals surface area contributed by atoms with Gasteiger partial charge in [0.15, 0.2) is 0 Å². The number of furan rings is 1. The van der Waals surface area contributed by atoms with Crippen LogP contribution in [-0.2, 0) is 16.1 Å². The third-order valence-electron chi connectivity index (χ3n) is 5.82. The lowest BCUT2D eigenvalue weighted by Gasteiger charge is -2.32. The highest BCUT2D eigenvalue weighted by molar-refractivity contribution is 5.95. The molecule has 0 atom stereocenters. The Bertz CT molecular complexity index is 1060. The van der Waals surface area contributed by atoms with Gasteiger partial charge in [-0.2, -0.15) is 0 Å². The molecule has 4 rings (SSSR count). The molecule has 0 unspecified atom stereocenters. The summed E-state index contributed by atoms with van der Waals surface area (Å²) in [5, 5.41) is 2.29. The Morgan fingerprint density at radius 2 is 1.94 bits per heavy atom. The summed E-state index contributed by atoms with van der Waals surface area (Å²) in [5.74, 6) is 2.10. The van der Waals surface area contributed by atoms with Gasteiger partial charge in [-0.05, 0) is 88.7 Å². The molecule has 164 valence electrons. The number of nitrogens with zero attached hydrogens (tertiary/aromatic N) is 2. The highest BCUT2D eigenvalue weighted by Gasteiger charge is 2.24. The third kappa shape index (κ3) is 5.53. The molecule has 0 spiro atoms. The maximum atomic E-state index is 12.1. The maximum Gasteiger partial charge on any atom is 0.306 e. The van der Waals surface area contributed by atoms with Gasteiger partial charge in [-0.3, -0.25) is 14.7 Å². The molecule has 31 heavy (non-hydrogen) atoms. The monoisotopic (exact) mass is 420 g/mol. The highest BCUT2D eigenvalue weighted by Crippen LogP contribution is 2.30. The van der Waals surface area contributed by atoms with Crippen molar-refractivity contribution in [2.24, 2.45) is 5.92 Å². The molecule has 1 saturated heterocycles. The highest BCUT2D eigenvalue weighted by atomic mass is 16.6. The van der Waals surface area contributed by atoms with E-state index in [9.17, 15) is 4.79 Å². The molecule has 0 bridgehead atoms. The van der Waals surface area contributed by atoms with Crippen molar-refractivity contribution in [1.29, 1.82) is 0 Å². The van der Waals surface area contributed by atoms with Crippen molar-refractivity contribution in [3.63, 3.8) is 0 Å². The van der Waals surface area contributed by atoms with E-state index in [1.165, 1.54) is 10.9 Å². The molecule has 0 radical (unpaired) electrons. The van der Waals surface area contributed by atoms with Crippen LogP contribution in [0.2, 0.25) is 0 Å². The Kier molecular flexibility index (Phi) is 6.15. The van der Waals surface area contributed by atoms with E-state index < -0.39 is 5.60 Å². The Hall–Kier alpha value is -2.66. The Morgan fingerprint density at radius 1 is 1.16 bits per heavy atom. The first-order chi connectivity index (χ1) is 14.8. The number of aryl methyl sites for hydroxylation is 1. The van der Waals surface area contributed by atoms with E-state index in [1.807, 2.05) is 52.2 Å². The van der Waals surface area contributed by atoms with Gasteiger partial charge in [-0.15, -0.1) is 0 Å². The van der Waals surface area contributed by atoms with Gasteiger partial charge in [0.25, 0.3) is 0 Å². The van der Waals surface area contributed by atoms with Crippen LogP contribution in [0.25, 0.3) is 22.1 Å². The molecular weight excluding hydrogens is 388 g/mol. The Balaban J connectivity index is 1.40. The van der Waals surface area contributed by atoms with Crippen molar-refractivity contribution in [2.75, 3.05) is 13.1 Å². The second kappa shape index (κ2) is 8.83. The molecule has 5 nitrogen and oxygen atoms in total.